The molecule has 0 saturated carbocycles. The quantitative estimate of drug-likeness (QED) is 0.276. The molecular formula is C25H31N5O2S. The number of hydrogen-bond donors (Lipinski definition) is 1. The fourth-order valence-electron chi connectivity index (χ4n) is 3.17. The summed E-state index contributed by atoms with van der Waals surface area (Å²) in [6, 6.07) is 15.9. The van der Waals surface area contributed by atoms with E-state index in [1.807, 2.05) is 42.7 Å². The van der Waals surface area contributed by atoms with Crippen molar-refractivity contribution >= 4 is 23.9 Å². The van der Waals surface area contributed by atoms with E-state index in [0.29, 0.717) is 18.3 Å². The van der Waals surface area contributed by atoms with Gasteiger partial charge >= 0.3 is 0 Å². The summed E-state index contributed by atoms with van der Waals surface area (Å²) in [7, 11) is 0. The smallest absolute Gasteiger partial charge is 0.250 e. The Morgan fingerprint density at radius 3 is 2.39 bits per heavy atom. The maximum atomic E-state index is 12.2. The Hall–Kier alpha value is -3.13. The molecule has 1 amide bonds. The van der Waals surface area contributed by atoms with Gasteiger partial charge in [-0.2, -0.15) is 5.10 Å². The lowest BCUT2D eigenvalue weighted by atomic mass is 9.87. The van der Waals surface area contributed by atoms with Gasteiger partial charge in [-0.05, 0) is 54.7 Å². The van der Waals surface area contributed by atoms with Crippen LogP contribution in [0.5, 0.6) is 5.75 Å². The lowest BCUT2D eigenvalue weighted by molar-refractivity contribution is -0.118. The number of carbonyl (C=O) groups excluding carboxylic acids is 1. The Bertz CT molecular complexity index is 1080. The molecule has 33 heavy (non-hydrogen) atoms. The lowest BCUT2D eigenvalue weighted by Gasteiger charge is -2.19. The van der Waals surface area contributed by atoms with Crippen LogP contribution in [0, 0.1) is 0 Å². The molecule has 0 aliphatic heterocycles. The molecule has 8 heteroatoms. The molecule has 2 aromatic carbocycles. The SMILES string of the molecule is CCOc1ccc(/C=N/NC(=O)CSc2nnc(-c3ccc(C(C)(C)C)cc3)n2CC)cc1. The molecule has 0 saturated heterocycles. The first-order valence-corrected chi connectivity index (χ1v) is 12.0. The zero-order chi connectivity index (χ0) is 23.8. The van der Waals surface area contributed by atoms with E-state index in [2.05, 4.69) is 65.8 Å². The number of rotatable bonds is 9. The van der Waals surface area contributed by atoms with Gasteiger partial charge < -0.3 is 9.30 Å². The van der Waals surface area contributed by atoms with Crippen LogP contribution in [0.15, 0.2) is 58.8 Å². The number of hydrogen-bond acceptors (Lipinski definition) is 6. The molecule has 0 aliphatic rings. The van der Waals surface area contributed by atoms with Crippen LogP contribution in [0.2, 0.25) is 0 Å². The van der Waals surface area contributed by atoms with E-state index in [1.54, 1.807) is 6.21 Å². The van der Waals surface area contributed by atoms with Crippen LogP contribution in [-0.2, 0) is 16.8 Å². The molecule has 1 aromatic heterocycles. The molecule has 0 fully saturated rings. The van der Waals surface area contributed by atoms with Gasteiger partial charge in [0.2, 0.25) is 0 Å². The van der Waals surface area contributed by atoms with E-state index in [4.69, 9.17) is 4.74 Å². The van der Waals surface area contributed by atoms with Crippen LogP contribution in [-0.4, -0.2) is 39.2 Å². The predicted molar refractivity (Wildman–Crippen MR) is 134 cm³/mol. The minimum atomic E-state index is -0.205. The molecule has 0 bridgehead atoms. The molecule has 7 nitrogen and oxygen atoms in total. The van der Waals surface area contributed by atoms with Crippen molar-refractivity contribution in [2.45, 2.75) is 51.7 Å². The standard InChI is InChI=1S/C25H31N5O2S/c1-6-30-23(19-10-12-20(13-11-19)25(3,4)5)28-29-24(30)33-17-22(31)27-26-16-18-8-14-21(15-9-18)32-7-2/h8-16H,6-7,17H2,1-5H3,(H,27,31)/b26-16+. The third kappa shape index (κ3) is 6.68. The Morgan fingerprint density at radius 2 is 1.79 bits per heavy atom. The summed E-state index contributed by atoms with van der Waals surface area (Å²) in [4.78, 5) is 12.2. The average molecular weight is 466 g/mol. The Kier molecular flexibility index (Phi) is 8.27. The van der Waals surface area contributed by atoms with E-state index in [-0.39, 0.29) is 17.1 Å². The number of nitrogens with zero attached hydrogens (tertiary/aromatic N) is 4. The van der Waals surface area contributed by atoms with Gasteiger partial charge in [0.25, 0.3) is 5.91 Å². The second kappa shape index (κ2) is 11.1. The summed E-state index contributed by atoms with van der Waals surface area (Å²) in [5.74, 6) is 1.60. The van der Waals surface area contributed by atoms with Crippen LogP contribution in [0.1, 0.15) is 45.7 Å². The molecule has 0 radical (unpaired) electrons. The van der Waals surface area contributed by atoms with Crippen molar-refractivity contribution < 1.29 is 9.53 Å². The van der Waals surface area contributed by atoms with Crippen molar-refractivity contribution in [2.24, 2.45) is 5.10 Å². The van der Waals surface area contributed by atoms with Crippen LogP contribution in [0.3, 0.4) is 0 Å². The minimum absolute atomic E-state index is 0.0980. The second-order valence-corrected chi connectivity index (χ2v) is 9.40. The van der Waals surface area contributed by atoms with Gasteiger partial charge in [-0.1, -0.05) is 56.8 Å². The lowest BCUT2D eigenvalue weighted by Crippen LogP contribution is -2.20. The summed E-state index contributed by atoms with van der Waals surface area (Å²) in [5.41, 5.74) is 5.81. The molecule has 0 unspecified atom stereocenters. The van der Waals surface area contributed by atoms with Gasteiger partial charge in [0, 0.05) is 12.1 Å². The predicted octanol–water partition coefficient (Wildman–Crippen LogP) is 4.90. The average Bonchev–Trinajstić information content (AvgIpc) is 3.21. The van der Waals surface area contributed by atoms with Gasteiger partial charge in [0.1, 0.15) is 5.75 Å². The number of carbonyl (C=O) groups is 1. The number of amides is 1. The highest BCUT2D eigenvalue weighted by molar-refractivity contribution is 7.99. The molecule has 1 N–H and O–H groups in total. The fourth-order valence-corrected chi connectivity index (χ4v) is 3.97. The summed E-state index contributed by atoms with van der Waals surface area (Å²) < 4.78 is 7.44. The topological polar surface area (TPSA) is 81.4 Å². The van der Waals surface area contributed by atoms with Crippen molar-refractivity contribution in [3.8, 4) is 17.1 Å². The van der Waals surface area contributed by atoms with E-state index in [9.17, 15) is 4.79 Å². The van der Waals surface area contributed by atoms with Crippen molar-refractivity contribution in [2.75, 3.05) is 12.4 Å². The molecule has 0 atom stereocenters. The van der Waals surface area contributed by atoms with Crippen LogP contribution >= 0.6 is 11.8 Å². The first-order valence-electron chi connectivity index (χ1n) is 11.0. The highest BCUT2D eigenvalue weighted by atomic mass is 32.2. The highest BCUT2D eigenvalue weighted by Crippen LogP contribution is 2.27. The normalized spacial score (nSPS) is 11.7. The maximum Gasteiger partial charge on any atom is 0.250 e. The second-order valence-electron chi connectivity index (χ2n) is 8.46. The third-order valence-electron chi connectivity index (χ3n) is 4.97. The third-order valence-corrected chi connectivity index (χ3v) is 5.94. The first kappa shape index (κ1) is 24.5. The highest BCUT2D eigenvalue weighted by Gasteiger charge is 2.17. The summed E-state index contributed by atoms with van der Waals surface area (Å²) >= 11 is 1.34. The number of hydrazone groups is 1. The van der Waals surface area contributed by atoms with E-state index in [1.165, 1.54) is 17.3 Å². The van der Waals surface area contributed by atoms with Crippen molar-refractivity contribution in [3.05, 3.63) is 59.7 Å². The zero-order valence-corrected chi connectivity index (χ0v) is 20.6. The molecule has 1 heterocycles. The molecule has 174 valence electrons. The van der Waals surface area contributed by atoms with Gasteiger partial charge in [-0.25, -0.2) is 5.43 Å². The van der Waals surface area contributed by atoms with Crippen molar-refractivity contribution in [1.82, 2.24) is 20.2 Å². The number of nitrogens with one attached hydrogen (secondary N) is 1. The maximum absolute atomic E-state index is 12.2. The first-order chi connectivity index (χ1) is 15.8. The van der Waals surface area contributed by atoms with Gasteiger partial charge in [0.15, 0.2) is 11.0 Å². The number of aromatic nitrogens is 3. The van der Waals surface area contributed by atoms with E-state index in [0.717, 1.165) is 22.7 Å². The Morgan fingerprint density at radius 1 is 1.09 bits per heavy atom. The Balaban J connectivity index is 1.58. The van der Waals surface area contributed by atoms with Crippen molar-refractivity contribution in [3.63, 3.8) is 0 Å². The van der Waals surface area contributed by atoms with Crippen LogP contribution < -0.4 is 10.2 Å². The molecule has 0 aliphatic carbocycles. The largest absolute Gasteiger partial charge is 0.494 e. The molecule has 0 spiro atoms. The number of ether oxygens (including phenoxy) is 1. The zero-order valence-electron chi connectivity index (χ0n) is 19.8. The summed E-state index contributed by atoms with van der Waals surface area (Å²) in [6.45, 7) is 11.9. The number of benzene rings is 2. The van der Waals surface area contributed by atoms with E-state index >= 15 is 0 Å². The molecule has 3 rings (SSSR count). The van der Waals surface area contributed by atoms with Crippen LogP contribution in [0.25, 0.3) is 11.4 Å². The van der Waals surface area contributed by atoms with Gasteiger partial charge in [-0.3, -0.25) is 4.79 Å². The molecule has 3 aromatic rings. The number of thioether (sulfide) groups is 1. The van der Waals surface area contributed by atoms with Gasteiger partial charge in [-0.15, -0.1) is 10.2 Å². The van der Waals surface area contributed by atoms with Crippen LogP contribution in [0.4, 0.5) is 0 Å². The van der Waals surface area contributed by atoms with Crippen molar-refractivity contribution in [1.29, 1.82) is 0 Å². The van der Waals surface area contributed by atoms with Gasteiger partial charge in [0.05, 0.1) is 18.6 Å². The Labute approximate surface area is 199 Å². The monoisotopic (exact) mass is 465 g/mol. The fraction of sp³-hybridized carbons (Fsp3) is 0.360. The summed E-state index contributed by atoms with van der Waals surface area (Å²) in [6.07, 6.45) is 1.60. The summed E-state index contributed by atoms with van der Waals surface area (Å²) in [5, 5.41) is 13.4. The molecular weight excluding hydrogens is 434 g/mol. The minimum Gasteiger partial charge on any atom is -0.494 e. The van der Waals surface area contributed by atoms with E-state index < -0.39 is 0 Å².